The minimum absolute atomic E-state index is 0.0803. The monoisotopic (exact) mass is 365 g/mol. The van der Waals surface area contributed by atoms with Gasteiger partial charge < -0.3 is 11.1 Å². The second-order valence-electron chi connectivity index (χ2n) is 7.17. The van der Waals surface area contributed by atoms with Crippen LogP contribution >= 0.6 is 0 Å². The summed E-state index contributed by atoms with van der Waals surface area (Å²) in [6.07, 6.45) is 1.56. The number of rotatable bonds is 6. The van der Waals surface area contributed by atoms with Gasteiger partial charge in [-0.05, 0) is 36.8 Å². The van der Waals surface area contributed by atoms with Crippen LogP contribution in [0, 0.1) is 0 Å². The molecule has 142 valence electrons. The number of benzene rings is 2. The van der Waals surface area contributed by atoms with Crippen molar-refractivity contribution >= 4 is 11.8 Å². The fraction of sp³-hybridized carbons (Fsp3) is 0.364. The molecule has 0 spiro atoms. The maximum Gasteiger partial charge on any atom is 0.237 e. The van der Waals surface area contributed by atoms with E-state index >= 15 is 0 Å². The van der Waals surface area contributed by atoms with E-state index in [1.165, 1.54) is 5.56 Å². The summed E-state index contributed by atoms with van der Waals surface area (Å²) in [6.45, 7) is 3.00. The van der Waals surface area contributed by atoms with Crippen LogP contribution in [0.5, 0.6) is 0 Å². The summed E-state index contributed by atoms with van der Waals surface area (Å²) in [7, 11) is 0. The molecule has 0 aliphatic carbocycles. The van der Waals surface area contributed by atoms with E-state index in [-0.39, 0.29) is 11.8 Å². The molecule has 2 aromatic carbocycles. The summed E-state index contributed by atoms with van der Waals surface area (Å²) in [5.74, 6) is -0.152. The van der Waals surface area contributed by atoms with Gasteiger partial charge >= 0.3 is 0 Å². The van der Waals surface area contributed by atoms with Crippen molar-refractivity contribution in [2.45, 2.75) is 44.3 Å². The third-order valence-corrected chi connectivity index (χ3v) is 5.43. The largest absolute Gasteiger partial charge is 0.368 e. The summed E-state index contributed by atoms with van der Waals surface area (Å²) in [6, 6.07) is 19.2. The molecule has 1 aliphatic heterocycles. The van der Waals surface area contributed by atoms with Gasteiger partial charge in [-0.25, -0.2) is 0 Å². The normalized spacial score (nSPS) is 21.4. The van der Waals surface area contributed by atoms with Gasteiger partial charge in [0.05, 0.1) is 12.1 Å². The highest BCUT2D eigenvalue weighted by molar-refractivity contribution is 5.84. The number of carbonyl (C=O) groups is 2. The first kappa shape index (κ1) is 19.1. The van der Waals surface area contributed by atoms with Crippen LogP contribution in [0.3, 0.4) is 0 Å². The fourth-order valence-corrected chi connectivity index (χ4v) is 3.84. The van der Waals surface area contributed by atoms with E-state index in [0.29, 0.717) is 25.4 Å². The molecule has 5 nitrogen and oxygen atoms in total. The van der Waals surface area contributed by atoms with Gasteiger partial charge in [0.1, 0.15) is 0 Å². The number of hydrogen-bond acceptors (Lipinski definition) is 3. The van der Waals surface area contributed by atoms with Gasteiger partial charge in [0.15, 0.2) is 0 Å². The maximum absolute atomic E-state index is 12.6. The average molecular weight is 365 g/mol. The Morgan fingerprint density at radius 3 is 2.37 bits per heavy atom. The SMILES string of the molecule is C[C@@H](C(=O)NCc1ccccc1)N1CCC(c2ccccc2)CC1C(N)=O. The summed E-state index contributed by atoms with van der Waals surface area (Å²) in [5, 5.41) is 2.97. The summed E-state index contributed by atoms with van der Waals surface area (Å²) in [5.41, 5.74) is 7.96. The van der Waals surface area contributed by atoms with Crippen molar-refractivity contribution in [2.75, 3.05) is 6.54 Å². The Hall–Kier alpha value is -2.66. The summed E-state index contributed by atoms with van der Waals surface area (Å²) < 4.78 is 0. The van der Waals surface area contributed by atoms with Crippen molar-refractivity contribution in [3.05, 3.63) is 71.8 Å². The Labute approximate surface area is 160 Å². The lowest BCUT2D eigenvalue weighted by Gasteiger charge is -2.40. The number of amides is 2. The molecule has 1 fully saturated rings. The van der Waals surface area contributed by atoms with E-state index in [9.17, 15) is 9.59 Å². The molecule has 27 heavy (non-hydrogen) atoms. The highest BCUT2D eigenvalue weighted by Crippen LogP contribution is 2.32. The third kappa shape index (κ3) is 4.74. The van der Waals surface area contributed by atoms with Gasteiger partial charge in [-0.2, -0.15) is 0 Å². The quantitative estimate of drug-likeness (QED) is 0.825. The van der Waals surface area contributed by atoms with Gasteiger partial charge in [0.25, 0.3) is 0 Å². The lowest BCUT2D eigenvalue weighted by molar-refractivity contribution is -0.132. The molecule has 1 heterocycles. The highest BCUT2D eigenvalue weighted by atomic mass is 16.2. The van der Waals surface area contributed by atoms with Gasteiger partial charge in [0.2, 0.25) is 11.8 Å². The van der Waals surface area contributed by atoms with E-state index in [4.69, 9.17) is 5.73 Å². The van der Waals surface area contributed by atoms with Crippen LogP contribution in [-0.2, 0) is 16.1 Å². The van der Waals surface area contributed by atoms with Gasteiger partial charge in [0, 0.05) is 13.1 Å². The molecule has 2 aromatic rings. The van der Waals surface area contributed by atoms with E-state index in [1.54, 1.807) is 0 Å². The number of nitrogens with one attached hydrogen (secondary N) is 1. The Balaban J connectivity index is 1.64. The molecule has 1 aliphatic rings. The molecule has 0 bridgehead atoms. The first-order valence-corrected chi connectivity index (χ1v) is 9.48. The number of nitrogens with two attached hydrogens (primary N) is 1. The van der Waals surface area contributed by atoms with Crippen molar-refractivity contribution in [1.82, 2.24) is 10.2 Å². The van der Waals surface area contributed by atoms with Crippen LogP contribution < -0.4 is 11.1 Å². The minimum Gasteiger partial charge on any atom is -0.368 e. The molecule has 5 heteroatoms. The zero-order valence-corrected chi connectivity index (χ0v) is 15.7. The summed E-state index contributed by atoms with van der Waals surface area (Å²) >= 11 is 0. The molecule has 3 atom stereocenters. The lowest BCUT2D eigenvalue weighted by Crippen LogP contribution is -2.56. The predicted molar refractivity (Wildman–Crippen MR) is 106 cm³/mol. The van der Waals surface area contributed by atoms with Crippen molar-refractivity contribution in [1.29, 1.82) is 0 Å². The second-order valence-corrected chi connectivity index (χ2v) is 7.17. The van der Waals surface area contributed by atoms with E-state index in [1.807, 2.05) is 60.4 Å². The number of likely N-dealkylation sites (tertiary alicyclic amines) is 1. The van der Waals surface area contributed by atoms with E-state index in [2.05, 4.69) is 17.4 Å². The second kappa shape index (κ2) is 8.82. The molecule has 2 unspecified atom stereocenters. The first-order chi connectivity index (χ1) is 13.1. The van der Waals surface area contributed by atoms with Crippen LogP contribution in [0.15, 0.2) is 60.7 Å². The fourth-order valence-electron chi connectivity index (χ4n) is 3.84. The van der Waals surface area contributed by atoms with Gasteiger partial charge in [-0.1, -0.05) is 60.7 Å². The Morgan fingerprint density at radius 2 is 1.74 bits per heavy atom. The highest BCUT2D eigenvalue weighted by Gasteiger charge is 2.37. The van der Waals surface area contributed by atoms with Crippen LogP contribution in [0.4, 0.5) is 0 Å². The number of nitrogens with zero attached hydrogens (tertiary/aromatic N) is 1. The van der Waals surface area contributed by atoms with Crippen molar-refractivity contribution in [3.8, 4) is 0 Å². The average Bonchev–Trinajstić information content (AvgIpc) is 2.72. The van der Waals surface area contributed by atoms with Crippen molar-refractivity contribution < 1.29 is 9.59 Å². The molecule has 3 N–H and O–H groups in total. The van der Waals surface area contributed by atoms with E-state index in [0.717, 1.165) is 12.0 Å². The molecule has 0 saturated carbocycles. The Morgan fingerprint density at radius 1 is 1.11 bits per heavy atom. The maximum atomic E-state index is 12.6. The summed E-state index contributed by atoms with van der Waals surface area (Å²) in [4.78, 5) is 26.7. The van der Waals surface area contributed by atoms with E-state index < -0.39 is 12.1 Å². The first-order valence-electron chi connectivity index (χ1n) is 9.48. The molecular weight excluding hydrogens is 338 g/mol. The lowest BCUT2D eigenvalue weighted by atomic mass is 9.84. The number of hydrogen-bond donors (Lipinski definition) is 2. The third-order valence-electron chi connectivity index (χ3n) is 5.43. The zero-order chi connectivity index (χ0) is 19.2. The smallest absolute Gasteiger partial charge is 0.237 e. The minimum atomic E-state index is -0.429. The standard InChI is InChI=1S/C22H27N3O2/c1-16(22(27)24-15-17-8-4-2-5-9-17)25-13-12-19(14-20(25)21(23)26)18-10-6-3-7-11-18/h2-11,16,19-20H,12-15H2,1H3,(H2,23,26)(H,24,27)/t16-,19?,20?/m0/s1. The van der Waals surface area contributed by atoms with Crippen LogP contribution in [0.2, 0.25) is 0 Å². The Kier molecular flexibility index (Phi) is 6.24. The van der Waals surface area contributed by atoms with Gasteiger partial charge in [-0.15, -0.1) is 0 Å². The Bertz CT molecular complexity index is 764. The van der Waals surface area contributed by atoms with Crippen LogP contribution in [-0.4, -0.2) is 35.3 Å². The van der Waals surface area contributed by atoms with Crippen LogP contribution in [0.1, 0.15) is 36.8 Å². The molecule has 0 radical (unpaired) electrons. The van der Waals surface area contributed by atoms with Crippen LogP contribution in [0.25, 0.3) is 0 Å². The molecule has 3 rings (SSSR count). The zero-order valence-electron chi connectivity index (χ0n) is 15.7. The molecular formula is C22H27N3O2. The number of piperidine rings is 1. The number of primary amides is 1. The molecule has 2 amide bonds. The van der Waals surface area contributed by atoms with Gasteiger partial charge in [-0.3, -0.25) is 14.5 Å². The molecule has 0 aromatic heterocycles. The number of carbonyl (C=O) groups excluding carboxylic acids is 2. The van der Waals surface area contributed by atoms with Crippen molar-refractivity contribution in [2.24, 2.45) is 5.73 Å². The van der Waals surface area contributed by atoms with Crippen molar-refractivity contribution in [3.63, 3.8) is 0 Å². The topological polar surface area (TPSA) is 75.4 Å². The molecule has 1 saturated heterocycles. The predicted octanol–water partition coefficient (Wildman–Crippen LogP) is 2.42.